The van der Waals surface area contributed by atoms with Gasteiger partial charge in [0.25, 0.3) is 11.1 Å². The zero-order valence-electron chi connectivity index (χ0n) is 11.2. The summed E-state index contributed by atoms with van der Waals surface area (Å²) in [4.78, 5) is 25.0. The number of rotatable bonds is 2. The highest BCUT2D eigenvalue weighted by Gasteiger charge is 2.32. The average Bonchev–Trinajstić information content (AvgIpc) is 2.94. The van der Waals surface area contributed by atoms with Gasteiger partial charge in [-0.25, -0.2) is 0 Å². The van der Waals surface area contributed by atoms with E-state index < -0.39 is 0 Å². The molecule has 0 radical (unpaired) electrons. The van der Waals surface area contributed by atoms with Crippen molar-refractivity contribution in [3.05, 3.63) is 40.9 Å². The van der Waals surface area contributed by atoms with Crippen molar-refractivity contribution in [1.29, 1.82) is 5.26 Å². The molecule has 1 aromatic heterocycles. The molecule has 2 aromatic rings. The Hall–Kier alpha value is -2.52. The molecule has 0 spiro atoms. The number of amides is 2. The van der Waals surface area contributed by atoms with Gasteiger partial charge < -0.3 is 4.57 Å². The monoisotopic (exact) mass is 297 g/mol. The lowest BCUT2D eigenvalue weighted by molar-refractivity contribution is -0.121. The molecule has 0 unspecified atom stereocenters. The van der Waals surface area contributed by atoms with Crippen molar-refractivity contribution in [2.24, 2.45) is 0 Å². The molecule has 0 aliphatic carbocycles. The average molecular weight is 297 g/mol. The van der Waals surface area contributed by atoms with Gasteiger partial charge in [0.15, 0.2) is 0 Å². The molecule has 21 heavy (non-hydrogen) atoms. The van der Waals surface area contributed by atoms with Gasteiger partial charge in [-0.1, -0.05) is 18.2 Å². The molecule has 1 fully saturated rings. The predicted molar refractivity (Wildman–Crippen MR) is 81.3 cm³/mol. The van der Waals surface area contributed by atoms with Crippen LogP contribution in [0.25, 0.3) is 17.0 Å². The van der Waals surface area contributed by atoms with Crippen LogP contribution in [0.15, 0.2) is 35.4 Å². The summed E-state index contributed by atoms with van der Waals surface area (Å²) in [6.45, 7) is 0.240. The largest absolute Gasteiger partial charge is 0.333 e. The Morgan fingerprint density at radius 2 is 2.10 bits per heavy atom. The van der Waals surface area contributed by atoms with Crippen molar-refractivity contribution >= 4 is 39.9 Å². The predicted octanol–water partition coefficient (Wildman–Crippen LogP) is 2.83. The third-order valence-electron chi connectivity index (χ3n) is 3.33. The highest BCUT2D eigenvalue weighted by Crippen LogP contribution is 2.33. The van der Waals surface area contributed by atoms with Crippen molar-refractivity contribution in [2.45, 2.75) is 6.54 Å². The molecule has 0 bridgehead atoms. The molecule has 1 aliphatic heterocycles. The Labute approximate surface area is 125 Å². The lowest BCUT2D eigenvalue weighted by atomic mass is 10.1. The molecule has 0 saturated carbocycles. The van der Waals surface area contributed by atoms with Crippen LogP contribution in [-0.2, 0) is 11.3 Å². The summed E-state index contributed by atoms with van der Waals surface area (Å²) in [6, 6.07) is 9.78. The third-order valence-corrected chi connectivity index (χ3v) is 4.29. The van der Waals surface area contributed by atoms with Gasteiger partial charge in [-0.3, -0.25) is 14.5 Å². The number of carbonyl (C=O) groups is 2. The maximum atomic E-state index is 11.9. The van der Waals surface area contributed by atoms with Crippen LogP contribution in [0, 0.1) is 11.3 Å². The molecule has 2 heterocycles. The number of likely N-dealkylation sites (N-methyl/N-ethyl adjacent to an activating group) is 1. The second-order valence-corrected chi connectivity index (χ2v) is 5.62. The normalized spacial score (nSPS) is 17.0. The van der Waals surface area contributed by atoms with Crippen LogP contribution in [0.4, 0.5) is 4.79 Å². The third kappa shape index (κ3) is 2.22. The molecule has 104 valence electrons. The molecular weight excluding hydrogens is 286 g/mol. The first kappa shape index (κ1) is 13.5. The fraction of sp³-hybridized carbons (Fsp3) is 0.133. The number of nitrogens with zero attached hydrogens (tertiary/aromatic N) is 3. The van der Waals surface area contributed by atoms with E-state index in [1.54, 1.807) is 6.08 Å². The van der Waals surface area contributed by atoms with Gasteiger partial charge in [0.1, 0.15) is 6.54 Å². The standard InChI is InChI=1S/C15H11N3O2S/c1-17-14(19)13(21-15(17)20)8-10-9-18(7-6-16)12-5-3-2-4-11(10)12/h2-5,8-9H,7H2,1H3/b13-8-. The summed E-state index contributed by atoms with van der Waals surface area (Å²) < 4.78 is 1.83. The molecule has 3 rings (SSSR count). The Kier molecular flexibility index (Phi) is 3.28. The van der Waals surface area contributed by atoms with Crippen molar-refractivity contribution in [1.82, 2.24) is 9.47 Å². The van der Waals surface area contributed by atoms with Crippen molar-refractivity contribution in [3.8, 4) is 6.07 Å². The number of fused-ring (bicyclic) bond motifs is 1. The van der Waals surface area contributed by atoms with Crippen LogP contribution in [0.3, 0.4) is 0 Å². The van der Waals surface area contributed by atoms with E-state index in [0.29, 0.717) is 4.91 Å². The minimum Gasteiger partial charge on any atom is -0.333 e. The summed E-state index contributed by atoms with van der Waals surface area (Å²) in [5.74, 6) is -0.290. The van der Waals surface area contributed by atoms with Crippen molar-refractivity contribution in [2.75, 3.05) is 7.05 Å². The van der Waals surface area contributed by atoms with Crippen LogP contribution in [0.2, 0.25) is 0 Å². The number of aromatic nitrogens is 1. The summed E-state index contributed by atoms with van der Waals surface area (Å²) >= 11 is 0.932. The summed E-state index contributed by atoms with van der Waals surface area (Å²) in [7, 11) is 1.47. The molecule has 1 aliphatic rings. The molecular formula is C15H11N3O2S. The number of para-hydroxylation sites is 1. The van der Waals surface area contributed by atoms with Crippen LogP contribution in [0.5, 0.6) is 0 Å². The van der Waals surface area contributed by atoms with Crippen LogP contribution >= 0.6 is 11.8 Å². The van der Waals surface area contributed by atoms with Gasteiger partial charge in [-0.15, -0.1) is 0 Å². The zero-order chi connectivity index (χ0) is 15.0. The minimum absolute atomic E-state index is 0.240. The first-order chi connectivity index (χ1) is 10.1. The van der Waals surface area contributed by atoms with Gasteiger partial charge in [-0.2, -0.15) is 5.26 Å². The maximum absolute atomic E-state index is 11.9. The van der Waals surface area contributed by atoms with Crippen LogP contribution in [-0.4, -0.2) is 27.7 Å². The fourth-order valence-electron chi connectivity index (χ4n) is 2.28. The smallest absolute Gasteiger partial charge is 0.293 e. The highest BCUT2D eigenvalue weighted by atomic mass is 32.2. The van der Waals surface area contributed by atoms with Gasteiger partial charge in [0.05, 0.1) is 11.0 Å². The number of nitriles is 1. The molecule has 2 amide bonds. The van der Waals surface area contributed by atoms with E-state index in [1.165, 1.54) is 7.05 Å². The Morgan fingerprint density at radius 3 is 2.76 bits per heavy atom. The molecule has 0 atom stereocenters. The molecule has 6 heteroatoms. The second-order valence-electron chi connectivity index (χ2n) is 4.63. The van der Waals surface area contributed by atoms with Crippen molar-refractivity contribution in [3.63, 3.8) is 0 Å². The van der Waals surface area contributed by atoms with Gasteiger partial charge in [-0.05, 0) is 23.9 Å². The van der Waals surface area contributed by atoms with Gasteiger partial charge in [0, 0.05) is 29.7 Å². The Morgan fingerprint density at radius 1 is 1.33 bits per heavy atom. The van der Waals surface area contributed by atoms with E-state index in [-0.39, 0.29) is 17.7 Å². The van der Waals surface area contributed by atoms with E-state index in [0.717, 1.165) is 33.1 Å². The van der Waals surface area contributed by atoms with E-state index in [9.17, 15) is 9.59 Å². The molecule has 1 saturated heterocycles. The van der Waals surface area contributed by atoms with Gasteiger partial charge >= 0.3 is 0 Å². The van der Waals surface area contributed by atoms with E-state index in [2.05, 4.69) is 6.07 Å². The summed E-state index contributed by atoms with van der Waals surface area (Å²) in [6.07, 6.45) is 3.54. The SMILES string of the molecule is CN1C(=O)S/C(=C\c2cn(CC#N)c3ccccc23)C1=O. The Balaban J connectivity index is 2.12. The van der Waals surface area contributed by atoms with E-state index in [4.69, 9.17) is 5.26 Å². The van der Waals surface area contributed by atoms with E-state index >= 15 is 0 Å². The molecule has 5 nitrogen and oxygen atoms in total. The maximum Gasteiger partial charge on any atom is 0.293 e. The topological polar surface area (TPSA) is 66.1 Å². The first-order valence-electron chi connectivity index (χ1n) is 6.28. The zero-order valence-corrected chi connectivity index (χ0v) is 12.1. The summed E-state index contributed by atoms with van der Waals surface area (Å²) in [5.41, 5.74) is 1.76. The fourth-order valence-corrected chi connectivity index (χ4v) is 3.10. The second kappa shape index (κ2) is 5.11. The number of thioether (sulfide) groups is 1. The lowest BCUT2D eigenvalue weighted by Gasteiger charge is -2.00. The minimum atomic E-state index is -0.290. The Bertz CT molecular complexity index is 829. The first-order valence-corrected chi connectivity index (χ1v) is 7.10. The molecule has 0 N–H and O–H groups in total. The van der Waals surface area contributed by atoms with Gasteiger partial charge in [0.2, 0.25) is 0 Å². The van der Waals surface area contributed by atoms with Crippen LogP contribution < -0.4 is 0 Å². The molecule has 1 aromatic carbocycles. The number of benzene rings is 1. The number of imide groups is 1. The quantitative estimate of drug-likeness (QED) is 0.799. The number of carbonyl (C=O) groups excluding carboxylic acids is 2. The highest BCUT2D eigenvalue weighted by molar-refractivity contribution is 8.18. The number of hydrogen-bond acceptors (Lipinski definition) is 4. The van der Waals surface area contributed by atoms with E-state index in [1.807, 2.05) is 35.0 Å². The van der Waals surface area contributed by atoms with Crippen LogP contribution in [0.1, 0.15) is 5.56 Å². The lowest BCUT2D eigenvalue weighted by Crippen LogP contribution is -2.22. The van der Waals surface area contributed by atoms with Crippen molar-refractivity contribution < 1.29 is 9.59 Å². The number of hydrogen-bond donors (Lipinski definition) is 0. The summed E-state index contributed by atoms with van der Waals surface area (Å²) in [5, 5.41) is 9.57.